The standard InChI is InChI=1S/C12H15NO3/c1-12(2,3)7-8-5(4-13)6-9(15-8)10(7)16-11(6)14/h5-10H,1-3H3. The van der Waals surface area contributed by atoms with E-state index < -0.39 is 0 Å². The second-order valence-corrected chi connectivity index (χ2v) is 6.04. The Kier molecular flexibility index (Phi) is 1.75. The number of nitrogens with zero attached hydrogens (tertiary/aromatic N) is 1. The number of ether oxygens (including phenoxy) is 2. The van der Waals surface area contributed by atoms with Crippen LogP contribution in [0.4, 0.5) is 0 Å². The van der Waals surface area contributed by atoms with Crippen LogP contribution in [0.25, 0.3) is 0 Å². The molecule has 0 amide bonds. The number of rotatable bonds is 0. The monoisotopic (exact) mass is 221 g/mol. The van der Waals surface area contributed by atoms with Gasteiger partial charge in [-0.25, -0.2) is 0 Å². The highest BCUT2D eigenvalue weighted by Crippen LogP contribution is 2.57. The second-order valence-electron chi connectivity index (χ2n) is 6.04. The first-order valence-corrected chi connectivity index (χ1v) is 5.70. The quantitative estimate of drug-likeness (QED) is 0.575. The van der Waals surface area contributed by atoms with Gasteiger partial charge in [-0.3, -0.25) is 4.79 Å². The first kappa shape index (κ1) is 10.1. The molecule has 0 aliphatic carbocycles. The Morgan fingerprint density at radius 3 is 2.50 bits per heavy atom. The molecule has 0 aromatic rings. The summed E-state index contributed by atoms with van der Waals surface area (Å²) in [6.45, 7) is 6.33. The van der Waals surface area contributed by atoms with E-state index in [1.807, 2.05) is 0 Å². The third-order valence-electron chi connectivity index (χ3n) is 4.11. The van der Waals surface area contributed by atoms with Gasteiger partial charge in [0.25, 0.3) is 0 Å². The minimum absolute atomic E-state index is 0.00519. The van der Waals surface area contributed by atoms with E-state index in [0.29, 0.717) is 0 Å². The fourth-order valence-corrected chi connectivity index (χ4v) is 3.51. The van der Waals surface area contributed by atoms with Gasteiger partial charge in [0.2, 0.25) is 0 Å². The minimum Gasteiger partial charge on any atom is -0.459 e. The van der Waals surface area contributed by atoms with Gasteiger partial charge in [-0.05, 0) is 5.41 Å². The van der Waals surface area contributed by atoms with E-state index in [1.165, 1.54) is 0 Å². The lowest BCUT2D eigenvalue weighted by Gasteiger charge is -2.35. The summed E-state index contributed by atoms with van der Waals surface area (Å²) in [5, 5.41) is 9.17. The maximum Gasteiger partial charge on any atom is 0.313 e. The SMILES string of the molecule is CC(C)(C)C1C2OC3C1OC(=O)C3C2C#N. The zero-order chi connectivity index (χ0) is 11.7. The minimum atomic E-state index is -0.335. The van der Waals surface area contributed by atoms with Crippen LogP contribution in [0, 0.1) is 34.5 Å². The molecule has 16 heavy (non-hydrogen) atoms. The fraction of sp³-hybridized carbons (Fsp3) is 0.833. The van der Waals surface area contributed by atoms with Gasteiger partial charge in [0.1, 0.15) is 18.1 Å². The van der Waals surface area contributed by atoms with Crippen LogP contribution in [0.15, 0.2) is 0 Å². The Hall–Kier alpha value is -1.08. The first-order chi connectivity index (χ1) is 7.45. The number of carbonyl (C=O) groups is 1. The molecule has 86 valence electrons. The van der Waals surface area contributed by atoms with Gasteiger partial charge in [0.05, 0.1) is 18.1 Å². The second kappa shape index (κ2) is 2.78. The van der Waals surface area contributed by atoms with Crippen LogP contribution in [0.3, 0.4) is 0 Å². The molecule has 0 aromatic carbocycles. The molecule has 0 N–H and O–H groups in total. The Morgan fingerprint density at radius 1 is 1.25 bits per heavy atom. The van der Waals surface area contributed by atoms with Crippen molar-refractivity contribution in [1.82, 2.24) is 0 Å². The third-order valence-corrected chi connectivity index (χ3v) is 4.11. The van der Waals surface area contributed by atoms with E-state index in [1.54, 1.807) is 0 Å². The molecule has 0 spiro atoms. The summed E-state index contributed by atoms with van der Waals surface area (Å²) in [5.41, 5.74) is -0.00519. The van der Waals surface area contributed by atoms with Crippen molar-refractivity contribution in [2.45, 2.75) is 39.1 Å². The normalized spacial score (nSPS) is 49.2. The van der Waals surface area contributed by atoms with Crippen LogP contribution >= 0.6 is 0 Å². The van der Waals surface area contributed by atoms with E-state index in [9.17, 15) is 10.1 Å². The molecule has 0 radical (unpaired) electrons. The largest absolute Gasteiger partial charge is 0.459 e. The topological polar surface area (TPSA) is 59.3 Å². The molecule has 0 aromatic heterocycles. The van der Waals surface area contributed by atoms with Crippen LogP contribution in [0.5, 0.6) is 0 Å². The van der Waals surface area contributed by atoms with Crippen LogP contribution in [0.1, 0.15) is 20.8 Å². The molecular weight excluding hydrogens is 206 g/mol. The summed E-state index contributed by atoms with van der Waals surface area (Å²) in [6, 6.07) is 2.23. The van der Waals surface area contributed by atoms with Crippen molar-refractivity contribution in [3.63, 3.8) is 0 Å². The van der Waals surface area contributed by atoms with Crippen LogP contribution in [-0.2, 0) is 14.3 Å². The molecule has 3 fully saturated rings. The average Bonchev–Trinajstić information content (AvgIpc) is 2.73. The highest BCUT2D eigenvalue weighted by atomic mass is 16.6. The van der Waals surface area contributed by atoms with Gasteiger partial charge in [-0.2, -0.15) is 5.26 Å². The molecule has 3 aliphatic heterocycles. The predicted molar refractivity (Wildman–Crippen MR) is 54.1 cm³/mol. The highest BCUT2D eigenvalue weighted by Gasteiger charge is 2.70. The predicted octanol–water partition coefficient (Wildman–Crippen LogP) is 1.11. The maximum absolute atomic E-state index is 11.7. The van der Waals surface area contributed by atoms with Gasteiger partial charge >= 0.3 is 5.97 Å². The first-order valence-electron chi connectivity index (χ1n) is 5.70. The molecule has 6 atom stereocenters. The molecular formula is C12H15NO3. The summed E-state index contributed by atoms with van der Waals surface area (Å²) < 4.78 is 11.2. The summed E-state index contributed by atoms with van der Waals surface area (Å²) in [5.74, 6) is -0.750. The van der Waals surface area contributed by atoms with E-state index in [4.69, 9.17) is 9.47 Å². The molecule has 4 nitrogen and oxygen atoms in total. The van der Waals surface area contributed by atoms with Crippen LogP contribution in [0.2, 0.25) is 0 Å². The molecule has 6 unspecified atom stereocenters. The summed E-state index contributed by atoms with van der Waals surface area (Å²) >= 11 is 0. The molecule has 3 aliphatic rings. The number of hydrogen-bond donors (Lipinski definition) is 0. The Labute approximate surface area is 94.5 Å². The Balaban J connectivity index is 2.03. The van der Waals surface area contributed by atoms with Gasteiger partial charge in [0.15, 0.2) is 0 Å². The maximum atomic E-state index is 11.7. The Bertz CT molecular complexity index is 392. The highest BCUT2D eigenvalue weighted by molar-refractivity contribution is 5.78. The van der Waals surface area contributed by atoms with Crippen LogP contribution < -0.4 is 0 Å². The summed E-state index contributed by atoms with van der Waals surface area (Å²) in [7, 11) is 0. The van der Waals surface area contributed by atoms with Crippen molar-refractivity contribution in [3.05, 3.63) is 0 Å². The van der Waals surface area contributed by atoms with Gasteiger partial charge in [0, 0.05) is 5.92 Å². The number of nitriles is 1. The van der Waals surface area contributed by atoms with Crippen molar-refractivity contribution in [1.29, 1.82) is 5.26 Å². The van der Waals surface area contributed by atoms with Crippen molar-refractivity contribution in [2.75, 3.05) is 0 Å². The molecule has 3 rings (SSSR count). The number of carbonyl (C=O) groups excluding carboxylic acids is 1. The smallest absolute Gasteiger partial charge is 0.313 e. The number of hydrogen-bond acceptors (Lipinski definition) is 4. The van der Waals surface area contributed by atoms with Crippen molar-refractivity contribution >= 4 is 5.97 Å². The summed E-state index contributed by atoms with van der Waals surface area (Å²) in [4.78, 5) is 11.7. The summed E-state index contributed by atoms with van der Waals surface area (Å²) in [6.07, 6.45) is -0.435. The van der Waals surface area contributed by atoms with Gasteiger partial charge < -0.3 is 9.47 Å². The van der Waals surface area contributed by atoms with E-state index in [2.05, 4.69) is 26.8 Å². The van der Waals surface area contributed by atoms with E-state index >= 15 is 0 Å². The molecule has 3 saturated heterocycles. The molecule has 4 heteroatoms. The van der Waals surface area contributed by atoms with Crippen molar-refractivity contribution < 1.29 is 14.3 Å². The lowest BCUT2D eigenvalue weighted by atomic mass is 9.65. The lowest BCUT2D eigenvalue weighted by molar-refractivity contribution is -0.145. The van der Waals surface area contributed by atoms with E-state index in [0.717, 1.165) is 0 Å². The molecule has 0 saturated carbocycles. The zero-order valence-electron chi connectivity index (χ0n) is 9.64. The molecule has 3 heterocycles. The Morgan fingerprint density at radius 2 is 1.94 bits per heavy atom. The number of esters is 1. The van der Waals surface area contributed by atoms with E-state index in [-0.39, 0.29) is 47.4 Å². The average molecular weight is 221 g/mol. The zero-order valence-corrected chi connectivity index (χ0v) is 9.64. The van der Waals surface area contributed by atoms with Gasteiger partial charge in [-0.15, -0.1) is 0 Å². The van der Waals surface area contributed by atoms with Gasteiger partial charge in [-0.1, -0.05) is 20.8 Å². The lowest BCUT2D eigenvalue weighted by Crippen LogP contribution is -2.44. The van der Waals surface area contributed by atoms with Crippen molar-refractivity contribution in [3.8, 4) is 6.07 Å². The third kappa shape index (κ3) is 0.997. The fourth-order valence-electron chi connectivity index (χ4n) is 3.51. The molecule has 2 bridgehead atoms. The number of fused-ring (bicyclic) bond motifs is 1. The van der Waals surface area contributed by atoms with Crippen LogP contribution in [-0.4, -0.2) is 24.3 Å². The van der Waals surface area contributed by atoms with Crippen molar-refractivity contribution in [2.24, 2.45) is 23.2 Å².